The zero-order valence-corrected chi connectivity index (χ0v) is 17.3. The Morgan fingerprint density at radius 2 is 2.00 bits per heavy atom. The molecule has 1 amide bonds. The Morgan fingerprint density at radius 1 is 1.30 bits per heavy atom. The highest BCUT2D eigenvalue weighted by Crippen LogP contribution is 2.25. The van der Waals surface area contributed by atoms with E-state index in [4.69, 9.17) is 0 Å². The summed E-state index contributed by atoms with van der Waals surface area (Å²) in [4.78, 5) is 24.0. The Bertz CT molecular complexity index is 841. The molecule has 9 heteroatoms. The fraction of sp³-hybridized carbons (Fsp3) is 0.222. The molecule has 2 rings (SSSR count). The summed E-state index contributed by atoms with van der Waals surface area (Å²) in [6.45, 7) is 0. The summed E-state index contributed by atoms with van der Waals surface area (Å²) in [5, 5.41) is 14.6. The lowest BCUT2D eigenvalue weighted by Crippen LogP contribution is -2.19. The number of halogens is 1. The first-order chi connectivity index (χ1) is 12.9. The summed E-state index contributed by atoms with van der Waals surface area (Å²) in [5.41, 5.74) is 5.39. The highest BCUT2D eigenvalue weighted by Gasteiger charge is 2.05. The molecular weight excluding hydrogens is 432 g/mol. The molecule has 0 saturated carbocycles. The van der Waals surface area contributed by atoms with Gasteiger partial charge in [-0.15, -0.1) is 11.8 Å². The van der Waals surface area contributed by atoms with Crippen LogP contribution in [0.25, 0.3) is 0 Å². The predicted octanol–water partition coefficient (Wildman–Crippen LogP) is 3.81. The number of carbonyl (C=O) groups is 1. The molecule has 0 spiro atoms. The van der Waals surface area contributed by atoms with Gasteiger partial charge in [0.05, 0.1) is 22.6 Å². The standard InChI is InChI=1S/C18H19BrN4O3S/c1-22(2)17-8-5-14(9-16(17)19)10-20-21-18(24)12-27-11-13-3-6-15(7-4-13)23(25)26/h3-10H,11-12H2,1-2H3,(H,21,24). The van der Waals surface area contributed by atoms with E-state index in [1.165, 1.54) is 23.9 Å². The van der Waals surface area contributed by atoms with Gasteiger partial charge < -0.3 is 4.90 Å². The molecule has 0 radical (unpaired) electrons. The van der Waals surface area contributed by atoms with Gasteiger partial charge in [-0.3, -0.25) is 14.9 Å². The smallest absolute Gasteiger partial charge is 0.269 e. The number of nitrogens with zero attached hydrogens (tertiary/aromatic N) is 3. The molecule has 0 bridgehead atoms. The van der Waals surface area contributed by atoms with E-state index in [9.17, 15) is 14.9 Å². The van der Waals surface area contributed by atoms with Crippen molar-refractivity contribution in [3.05, 3.63) is 68.2 Å². The Kier molecular flexibility index (Phi) is 7.81. The van der Waals surface area contributed by atoms with Gasteiger partial charge in [0.1, 0.15) is 0 Å². The number of benzene rings is 2. The van der Waals surface area contributed by atoms with Crippen molar-refractivity contribution in [3.8, 4) is 0 Å². The highest BCUT2D eigenvalue weighted by atomic mass is 79.9. The van der Waals surface area contributed by atoms with Gasteiger partial charge in [-0.25, -0.2) is 5.43 Å². The largest absolute Gasteiger partial charge is 0.377 e. The van der Waals surface area contributed by atoms with Crippen molar-refractivity contribution in [2.45, 2.75) is 5.75 Å². The molecule has 0 aromatic heterocycles. The molecule has 1 N–H and O–H groups in total. The van der Waals surface area contributed by atoms with Crippen LogP contribution >= 0.6 is 27.7 Å². The molecule has 0 saturated heterocycles. The van der Waals surface area contributed by atoms with Crippen molar-refractivity contribution < 1.29 is 9.72 Å². The van der Waals surface area contributed by atoms with Crippen molar-refractivity contribution in [2.75, 3.05) is 24.7 Å². The first-order valence-electron chi connectivity index (χ1n) is 7.96. The van der Waals surface area contributed by atoms with Crippen molar-refractivity contribution in [1.29, 1.82) is 0 Å². The molecule has 0 aliphatic rings. The summed E-state index contributed by atoms with van der Waals surface area (Å²) in [5.74, 6) is 0.633. The topological polar surface area (TPSA) is 87.8 Å². The van der Waals surface area contributed by atoms with Gasteiger partial charge in [0, 0.05) is 36.5 Å². The van der Waals surface area contributed by atoms with Crippen LogP contribution in [0.5, 0.6) is 0 Å². The van der Waals surface area contributed by atoms with Gasteiger partial charge in [-0.05, 0) is 39.2 Å². The fourth-order valence-corrected chi connectivity index (χ4v) is 3.68. The lowest BCUT2D eigenvalue weighted by Gasteiger charge is -2.14. The number of carbonyl (C=O) groups excluding carboxylic acids is 1. The van der Waals surface area contributed by atoms with Crippen LogP contribution in [0.4, 0.5) is 11.4 Å². The Morgan fingerprint density at radius 3 is 2.59 bits per heavy atom. The van der Waals surface area contributed by atoms with Crippen molar-refractivity contribution >= 4 is 51.2 Å². The molecule has 7 nitrogen and oxygen atoms in total. The lowest BCUT2D eigenvalue weighted by molar-refractivity contribution is -0.384. The van der Waals surface area contributed by atoms with Crippen molar-refractivity contribution in [3.63, 3.8) is 0 Å². The number of hydrogen-bond donors (Lipinski definition) is 1. The summed E-state index contributed by atoms with van der Waals surface area (Å²) < 4.78 is 0.946. The van der Waals surface area contributed by atoms with E-state index < -0.39 is 4.92 Å². The van der Waals surface area contributed by atoms with Crippen LogP contribution in [-0.2, 0) is 10.5 Å². The third-order valence-corrected chi connectivity index (χ3v) is 5.14. The third kappa shape index (κ3) is 6.69. The van der Waals surface area contributed by atoms with Gasteiger partial charge in [-0.2, -0.15) is 5.10 Å². The average molecular weight is 451 g/mol. The SMILES string of the molecule is CN(C)c1ccc(C=NNC(=O)CSCc2ccc([N+](=O)[O-])cc2)cc1Br. The second-order valence-electron chi connectivity index (χ2n) is 5.81. The maximum absolute atomic E-state index is 11.8. The number of nitro groups is 1. The summed E-state index contributed by atoms with van der Waals surface area (Å²) in [7, 11) is 3.92. The number of anilines is 1. The lowest BCUT2D eigenvalue weighted by atomic mass is 10.2. The number of nitrogens with one attached hydrogen (secondary N) is 1. The van der Waals surface area contributed by atoms with Gasteiger partial charge in [0.2, 0.25) is 5.91 Å². The van der Waals surface area contributed by atoms with Gasteiger partial charge in [0.15, 0.2) is 0 Å². The zero-order chi connectivity index (χ0) is 19.8. The van der Waals surface area contributed by atoms with E-state index in [-0.39, 0.29) is 17.3 Å². The molecule has 142 valence electrons. The minimum absolute atomic E-state index is 0.0566. The van der Waals surface area contributed by atoms with E-state index in [0.29, 0.717) is 5.75 Å². The highest BCUT2D eigenvalue weighted by molar-refractivity contribution is 9.10. The quantitative estimate of drug-likeness (QED) is 0.375. The van der Waals surface area contributed by atoms with Crippen LogP contribution in [0.15, 0.2) is 52.0 Å². The van der Waals surface area contributed by atoms with Gasteiger partial charge >= 0.3 is 0 Å². The second-order valence-corrected chi connectivity index (χ2v) is 7.65. The molecule has 0 unspecified atom stereocenters. The number of hydrazone groups is 1. The maximum atomic E-state index is 11.8. The first kappa shape index (κ1) is 20.9. The molecule has 0 atom stereocenters. The number of thioether (sulfide) groups is 1. The number of non-ortho nitro benzene ring substituents is 1. The van der Waals surface area contributed by atoms with E-state index in [1.54, 1.807) is 18.3 Å². The van der Waals surface area contributed by atoms with Crippen LogP contribution in [0.2, 0.25) is 0 Å². The van der Waals surface area contributed by atoms with Crippen molar-refractivity contribution in [1.82, 2.24) is 5.43 Å². The molecule has 27 heavy (non-hydrogen) atoms. The Balaban J connectivity index is 1.76. The minimum Gasteiger partial charge on any atom is -0.377 e. The van der Waals surface area contributed by atoms with E-state index in [1.807, 2.05) is 37.2 Å². The van der Waals surface area contributed by atoms with Crippen molar-refractivity contribution in [2.24, 2.45) is 5.10 Å². The van der Waals surface area contributed by atoms with Crippen LogP contribution in [-0.4, -0.2) is 36.9 Å². The molecule has 0 fully saturated rings. The Labute approximate surface area is 170 Å². The molecule has 0 aliphatic heterocycles. The predicted molar refractivity (Wildman–Crippen MR) is 113 cm³/mol. The maximum Gasteiger partial charge on any atom is 0.269 e. The third-order valence-electron chi connectivity index (χ3n) is 3.51. The van der Waals surface area contributed by atoms with E-state index in [0.717, 1.165) is 21.3 Å². The second kappa shape index (κ2) is 10.1. The van der Waals surface area contributed by atoms with Crippen LogP contribution in [0, 0.1) is 10.1 Å². The van der Waals surface area contributed by atoms with Gasteiger partial charge in [-0.1, -0.05) is 18.2 Å². The molecular formula is C18H19BrN4O3S. The molecule has 0 aliphatic carbocycles. The summed E-state index contributed by atoms with van der Waals surface area (Å²) >= 11 is 4.92. The van der Waals surface area contributed by atoms with Crippen LogP contribution < -0.4 is 10.3 Å². The van der Waals surface area contributed by atoms with Crippen LogP contribution in [0.1, 0.15) is 11.1 Å². The number of amides is 1. The number of nitro benzene ring substituents is 1. The monoisotopic (exact) mass is 450 g/mol. The summed E-state index contributed by atoms with van der Waals surface area (Å²) in [6.07, 6.45) is 1.59. The van der Waals surface area contributed by atoms with E-state index >= 15 is 0 Å². The first-order valence-corrected chi connectivity index (χ1v) is 9.91. The molecule has 2 aromatic rings. The average Bonchev–Trinajstić information content (AvgIpc) is 2.62. The minimum atomic E-state index is -0.436. The van der Waals surface area contributed by atoms with E-state index in [2.05, 4.69) is 26.5 Å². The Hall–Kier alpha value is -2.39. The molecule has 2 aromatic carbocycles. The number of hydrogen-bond acceptors (Lipinski definition) is 6. The number of rotatable bonds is 8. The summed E-state index contributed by atoms with van der Waals surface area (Å²) in [6, 6.07) is 12.1. The molecule has 0 heterocycles. The normalized spacial score (nSPS) is 10.8. The van der Waals surface area contributed by atoms with Crippen LogP contribution in [0.3, 0.4) is 0 Å². The zero-order valence-electron chi connectivity index (χ0n) is 14.9. The van der Waals surface area contributed by atoms with Gasteiger partial charge in [0.25, 0.3) is 5.69 Å². The fourth-order valence-electron chi connectivity index (χ4n) is 2.15.